The first kappa shape index (κ1) is 15.1. The van der Waals surface area contributed by atoms with Gasteiger partial charge in [-0.25, -0.2) is 4.57 Å². The van der Waals surface area contributed by atoms with Gasteiger partial charge in [0.1, 0.15) is 7.05 Å². The molecule has 26 heavy (non-hydrogen) atoms. The molecule has 0 N–H and O–H groups in total. The van der Waals surface area contributed by atoms with E-state index in [0.29, 0.717) is 0 Å². The molecule has 5 aromatic rings. The Morgan fingerprint density at radius 1 is 0.615 bits per heavy atom. The Bertz CT molecular complexity index is 1300. The molecule has 0 spiro atoms. The normalized spacial score (nSPS) is 11.5. The summed E-state index contributed by atoms with van der Waals surface area (Å²) < 4.78 is 2.19. The average molecular weight is 334 g/mol. The van der Waals surface area contributed by atoms with E-state index in [4.69, 9.17) is 0 Å². The lowest BCUT2D eigenvalue weighted by atomic mass is 9.93. The Labute approximate surface area is 153 Å². The fourth-order valence-corrected chi connectivity index (χ4v) is 4.06. The van der Waals surface area contributed by atoms with E-state index in [0.717, 1.165) is 0 Å². The Balaban J connectivity index is 1.90. The van der Waals surface area contributed by atoms with Crippen molar-refractivity contribution in [2.75, 3.05) is 0 Å². The zero-order valence-corrected chi connectivity index (χ0v) is 15.0. The predicted molar refractivity (Wildman–Crippen MR) is 110 cm³/mol. The van der Waals surface area contributed by atoms with Gasteiger partial charge in [0, 0.05) is 17.7 Å². The van der Waals surface area contributed by atoms with Gasteiger partial charge >= 0.3 is 0 Å². The molecule has 0 bridgehead atoms. The van der Waals surface area contributed by atoms with Crippen molar-refractivity contribution in [2.45, 2.75) is 6.92 Å². The van der Waals surface area contributed by atoms with Crippen LogP contribution in [-0.2, 0) is 7.05 Å². The summed E-state index contributed by atoms with van der Waals surface area (Å²) in [6.45, 7) is 2.20. The highest BCUT2D eigenvalue weighted by Gasteiger charge is 2.14. The van der Waals surface area contributed by atoms with Crippen LogP contribution in [0.3, 0.4) is 0 Å². The van der Waals surface area contributed by atoms with Crippen molar-refractivity contribution in [1.82, 2.24) is 0 Å². The minimum Gasteiger partial charge on any atom is -0.201 e. The van der Waals surface area contributed by atoms with Gasteiger partial charge in [-0.3, -0.25) is 0 Å². The van der Waals surface area contributed by atoms with Gasteiger partial charge in [-0.15, -0.1) is 0 Å². The van der Waals surface area contributed by atoms with Crippen molar-refractivity contribution < 1.29 is 4.57 Å². The van der Waals surface area contributed by atoms with Crippen LogP contribution in [0, 0.1) is 6.92 Å². The molecule has 1 nitrogen and oxygen atoms in total. The maximum atomic E-state index is 2.36. The second-order valence-corrected chi connectivity index (χ2v) is 7.03. The predicted octanol–water partition coefficient (Wildman–Crippen LogP) is 5.95. The number of aryl methyl sites for hydroxylation is 2. The van der Waals surface area contributed by atoms with E-state index in [1.807, 2.05) is 0 Å². The minimum atomic E-state index is 1.24. The second kappa shape index (κ2) is 5.67. The van der Waals surface area contributed by atoms with Gasteiger partial charge in [-0.05, 0) is 56.9 Å². The van der Waals surface area contributed by atoms with Gasteiger partial charge in [0.05, 0.1) is 0 Å². The third kappa shape index (κ3) is 2.21. The fraction of sp³-hybridized carbons (Fsp3) is 0.0800. The van der Waals surface area contributed by atoms with Crippen LogP contribution in [0.5, 0.6) is 0 Å². The summed E-state index contributed by atoms with van der Waals surface area (Å²) in [5.74, 6) is 0. The van der Waals surface area contributed by atoms with Crippen molar-refractivity contribution >= 4 is 32.3 Å². The molecule has 0 saturated carbocycles. The van der Waals surface area contributed by atoms with Gasteiger partial charge in [0.15, 0.2) is 6.20 Å². The molecule has 4 aromatic carbocycles. The zero-order chi connectivity index (χ0) is 17.7. The summed E-state index contributed by atoms with van der Waals surface area (Å²) >= 11 is 0. The van der Waals surface area contributed by atoms with E-state index < -0.39 is 0 Å². The number of hydrogen-bond donors (Lipinski definition) is 0. The van der Waals surface area contributed by atoms with Gasteiger partial charge in [-0.2, -0.15) is 0 Å². The maximum Gasteiger partial charge on any atom is 0.212 e. The number of aromatic nitrogens is 1. The van der Waals surface area contributed by atoms with Crippen LogP contribution < -0.4 is 4.57 Å². The molecule has 0 unspecified atom stereocenters. The third-order valence-corrected chi connectivity index (χ3v) is 5.42. The molecule has 5 rings (SSSR count). The van der Waals surface area contributed by atoms with Crippen LogP contribution in [0.1, 0.15) is 5.56 Å². The van der Waals surface area contributed by atoms with Gasteiger partial charge < -0.3 is 0 Å². The molecule has 0 aliphatic rings. The summed E-state index contributed by atoms with van der Waals surface area (Å²) in [7, 11) is 2.11. The molecule has 1 heterocycles. The SMILES string of the molecule is Cc1cc2ccc3c4ccccc4ccc3c2cc1-c1cccc[n+]1C. The molecule has 0 radical (unpaired) electrons. The highest BCUT2D eigenvalue weighted by Crippen LogP contribution is 2.34. The Morgan fingerprint density at radius 2 is 1.35 bits per heavy atom. The van der Waals surface area contributed by atoms with E-state index in [-0.39, 0.29) is 0 Å². The molecule has 0 aliphatic carbocycles. The van der Waals surface area contributed by atoms with Gasteiger partial charge in [-0.1, -0.05) is 54.6 Å². The van der Waals surface area contributed by atoms with Crippen LogP contribution >= 0.6 is 0 Å². The first-order chi connectivity index (χ1) is 12.7. The molecule has 1 heteroatoms. The van der Waals surface area contributed by atoms with Crippen LogP contribution in [0.2, 0.25) is 0 Å². The monoisotopic (exact) mass is 334 g/mol. The fourth-order valence-electron chi connectivity index (χ4n) is 4.06. The van der Waals surface area contributed by atoms with E-state index in [1.165, 1.54) is 49.1 Å². The summed E-state index contributed by atoms with van der Waals surface area (Å²) in [5.41, 5.74) is 3.84. The molecule has 0 amide bonds. The van der Waals surface area contributed by atoms with Gasteiger partial charge in [0.25, 0.3) is 0 Å². The summed E-state index contributed by atoms with van der Waals surface area (Å²) in [5, 5.41) is 7.87. The molecule has 0 atom stereocenters. The lowest BCUT2D eigenvalue weighted by molar-refractivity contribution is -0.660. The van der Waals surface area contributed by atoms with Crippen molar-refractivity contribution in [3.05, 3.63) is 90.6 Å². The van der Waals surface area contributed by atoms with Crippen LogP contribution in [-0.4, -0.2) is 0 Å². The summed E-state index contributed by atoms with van der Waals surface area (Å²) in [4.78, 5) is 0. The second-order valence-electron chi connectivity index (χ2n) is 7.03. The van der Waals surface area contributed by atoms with E-state index >= 15 is 0 Å². The maximum absolute atomic E-state index is 2.36. The lowest BCUT2D eigenvalue weighted by Gasteiger charge is -2.11. The summed E-state index contributed by atoms with van der Waals surface area (Å²) in [6, 6.07) is 28.7. The molecule has 0 saturated heterocycles. The smallest absolute Gasteiger partial charge is 0.201 e. The van der Waals surface area contributed by atoms with Crippen molar-refractivity contribution in [3.8, 4) is 11.3 Å². The quantitative estimate of drug-likeness (QED) is 0.263. The van der Waals surface area contributed by atoms with E-state index in [9.17, 15) is 0 Å². The standard InChI is InChI=1S/C25H20N/c1-17-15-19-11-13-21-20-8-4-3-7-18(20)10-12-22(21)24(19)16-23(17)25-9-5-6-14-26(25)2/h3-16H,1-2H3/q+1. The number of nitrogens with zero attached hydrogens (tertiary/aromatic N) is 1. The molecule has 0 aliphatic heterocycles. The lowest BCUT2D eigenvalue weighted by Crippen LogP contribution is -2.30. The van der Waals surface area contributed by atoms with Crippen LogP contribution in [0.25, 0.3) is 43.6 Å². The number of benzene rings is 4. The molecule has 1 aromatic heterocycles. The minimum absolute atomic E-state index is 1.24. The van der Waals surface area contributed by atoms with Gasteiger partial charge in [0.2, 0.25) is 5.69 Å². The topological polar surface area (TPSA) is 3.88 Å². The highest BCUT2D eigenvalue weighted by molar-refractivity contribution is 6.17. The summed E-state index contributed by atoms with van der Waals surface area (Å²) in [6.07, 6.45) is 2.11. The van der Waals surface area contributed by atoms with Crippen molar-refractivity contribution in [2.24, 2.45) is 7.05 Å². The van der Waals surface area contributed by atoms with Crippen LogP contribution in [0.15, 0.2) is 85.1 Å². The number of hydrogen-bond acceptors (Lipinski definition) is 0. The van der Waals surface area contributed by atoms with E-state index in [2.05, 4.69) is 104 Å². The number of fused-ring (bicyclic) bond motifs is 5. The Kier molecular flexibility index (Phi) is 3.29. The highest BCUT2D eigenvalue weighted by atomic mass is 14.9. The first-order valence-electron chi connectivity index (χ1n) is 9.02. The Morgan fingerprint density at radius 3 is 2.19 bits per heavy atom. The van der Waals surface area contributed by atoms with Crippen molar-refractivity contribution in [1.29, 1.82) is 0 Å². The van der Waals surface area contributed by atoms with Crippen molar-refractivity contribution in [3.63, 3.8) is 0 Å². The molecule has 0 fully saturated rings. The first-order valence-corrected chi connectivity index (χ1v) is 9.02. The van der Waals surface area contributed by atoms with E-state index in [1.54, 1.807) is 0 Å². The number of rotatable bonds is 1. The third-order valence-electron chi connectivity index (χ3n) is 5.42. The Hall–Kier alpha value is -3.19. The zero-order valence-electron chi connectivity index (χ0n) is 15.0. The average Bonchev–Trinajstić information content (AvgIpc) is 2.67. The molecular formula is C25H20N+. The van der Waals surface area contributed by atoms with Crippen LogP contribution in [0.4, 0.5) is 0 Å². The molecular weight excluding hydrogens is 314 g/mol. The molecule has 124 valence electrons. The largest absolute Gasteiger partial charge is 0.212 e. The number of pyridine rings is 1.